The van der Waals surface area contributed by atoms with Gasteiger partial charge in [0.25, 0.3) is 5.91 Å². The number of carbonyl (C=O) groups is 2. The monoisotopic (exact) mass is 456 g/mol. The van der Waals surface area contributed by atoms with Crippen LogP contribution in [0.4, 0.5) is 20.2 Å². The third-order valence-corrected chi connectivity index (χ3v) is 7.25. The summed E-state index contributed by atoms with van der Waals surface area (Å²) >= 11 is 7.39. The molecule has 0 radical (unpaired) electrons. The Morgan fingerprint density at radius 1 is 1.00 bits per heavy atom. The second-order valence-corrected chi connectivity index (χ2v) is 8.83. The maximum absolute atomic E-state index is 14.5. The highest BCUT2D eigenvalue weighted by Crippen LogP contribution is 2.56. The molecule has 1 fully saturated rings. The van der Waals surface area contributed by atoms with Gasteiger partial charge in [0.05, 0.1) is 18.0 Å². The Bertz CT molecular complexity index is 1220. The first-order valence-corrected chi connectivity index (χ1v) is 10.9. The Balaban J connectivity index is 1.67. The molecular weight excluding hydrogens is 442 g/mol. The molecule has 0 aliphatic carbocycles. The molecule has 31 heavy (non-hydrogen) atoms. The first-order valence-electron chi connectivity index (χ1n) is 9.50. The highest BCUT2D eigenvalue weighted by Gasteiger charge is 2.61. The van der Waals surface area contributed by atoms with Gasteiger partial charge in [-0.05, 0) is 36.4 Å². The minimum Gasteiger partial charge on any atom is -0.304 e. The van der Waals surface area contributed by atoms with Crippen LogP contribution in [0.2, 0.25) is 5.02 Å². The van der Waals surface area contributed by atoms with Gasteiger partial charge in [-0.3, -0.25) is 14.5 Å². The molecule has 2 aliphatic heterocycles. The lowest BCUT2D eigenvalue weighted by Gasteiger charge is -2.33. The van der Waals surface area contributed by atoms with Crippen molar-refractivity contribution in [1.82, 2.24) is 0 Å². The molecule has 1 saturated heterocycles. The SMILES string of the molecule is O=C1CSC2(C(=O)N(Cc3c(F)cccc3Cl)c3ccccc32)N1c1cccc(F)c1. The maximum atomic E-state index is 14.5. The Morgan fingerprint density at radius 3 is 2.55 bits per heavy atom. The summed E-state index contributed by atoms with van der Waals surface area (Å²) in [6.07, 6.45) is 0. The summed E-state index contributed by atoms with van der Waals surface area (Å²) in [5.74, 6) is -1.66. The number of anilines is 2. The predicted octanol–water partition coefficient (Wildman–Crippen LogP) is 5.10. The number of carbonyl (C=O) groups excluding carboxylic acids is 2. The maximum Gasteiger partial charge on any atom is 0.269 e. The summed E-state index contributed by atoms with van der Waals surface area (Å²) in [6.45, 7) is -0.0884. The average Bonchev–Trinajstić information content (AvgIpc) is 3.21. The van der Waals surface area contributed by atoms with Crippen LogP contribution in [-0.4, -0.2) is 17.6 Å². The number of hydrogen-bond donors (Lipinski definition) is 0. The van der Waals surface area contributed by atoms with Crippen LogP contribution < -0.4 is 9.80 Å². The van der Waals surface area contributed by atoms with Crippen LogP contribution in [0.15, 0.2) is 66.7 Å². The normalized spacial score (nSPS) is 20.1. The third-order valence-electron chi connectivity index (χ3n) is 5.51. The second kappa shape index (κ2) is 7.35. The standard InChI is InChI=1S/C23H15ClF2N2O2S/c24-18-8-4-9-19(26)16(18)12-27-20-10-2-1-7-17(20)23(22(27)30)28(21(29)13-31-23)15-6-3-5-14(25)11-15/h1-11H,12-13H2. The number of benzene rings is 3. The van der Waals surface area contributed by atoms with Gasteiger partial charge in [-0.25, -0.2) is 8.78 Å². The van der Waals surface area contributed by atoms with Crippen LogP contribution in [0.25, 0.3) is 0 Å². The van der Waals surface area contributed by atoms with Gasteiger partial charge in [-0.15, -0.1) is 11.8 Å². The van der Waals surface area contributed by atoms with E-state index in [1.807, 2.05) is 0 Å². The van der Waals surface area contributed by atoms with Crippen molar-refractivity contribution in [3.05, 3.63) is 94.5 Å². The fourth-order valence-electron chi connectivity index (χ4n) is 4.17. The third kappa shape index (κ3) is 2.95. The number of thioether (sulfide) groups is 1. The minimum absolute atomic E-state index is 0.0604. The largest absolute Gasteiger partial charge is 0.304 e. The number of para-hydroxylation sites is 1. The van der Waals surface area contributed by atoms with Gasteiger partial charge in [-0.2, -0.15) is 0 Å². The van der Waals surface area contributed by atoms with Gasteiger partial charge >= 0.3 is 0 Å². The van der Waals surface area contributed by atoms with E-state index in [1.165, 1.54) is 51.9 Å². The van der Waals surface area contributed by atoms with E-state index in [4.69, 9.17) is 11.6 Å². The highest BCUT2D eigenvalue weighted by atomic mass is 35.5. The minimum atomic E-state index is -1.39. The highest BCUT2D eigenvalue weighted by molar-refractivity contribution is 8.02. The fourth-order valence-corrected chi connectivity index (χ4v) is 5.75. The molecule has 0 aromatic heterocycles. The summed E-state index contributed by atoms with van der Waals surface area (Å²) in [5.41, 5.74) is 1.66. The Morgan fingerprint density at radius 2 is 1.77 bits per heavy atom. The molecule has 0 N–H and O–H groups in total. The smallest absolute Gasteiger partial charge is 0.269 e. The molecular formula is C23H15ClF2N2O2S. The number of rotatable bonds is 3. The quantitative estimate of drug-likeness (QED) is 0.550. The molecule has 4 nitrogen and oxygen atoms in total. The Labute approximate surface area is 186 Å². The molecule has 2 aliphatic rings. The Kier molecular flexibility index (Phi) is 4.75. The van der Waals surface area contributed by atoms with Gasteiger partial charge in [-0.1, -0.05) is 41.9 Å². The molecule has 3 aromatic rings. The molecule has 0 saturated carbocycles. The van der Waals surface area contributed by atoms with Gasteiger partial charge in [0, 0.05) is 21.8 Å². The lowest BCUT2D eigenvalue weighted by Crippen LogP contribution is -2.49. The lowest BCUT2D eigenvalue weighted by atomic mass is 10.0. The summed E-state index contributed by atoms with van der Waals surface area (Å²) in [6, 6.07) is 17.0. The van der Waals surface area contributed by atoms with E-state index in [-0.39, 0.29) is 28.8 Å². The topological polar surface area (TPSA) is 40.6 Å². The van der Waals surface area contributed by atoms with E-state index in [9.17, 15) is 18.4 Å². The number of fused-ring (bicyclic) bond motifs is 2. The lowest BCUT2D eigenvalue weighted by molar-refractivity contribution is -0.123. The van der Waals surface area contributed by atoms with Crippen molar-refractivity contribution in [3.8, 4) is 0 Å². The summed E-state index contributed by atoms with van der Waals surface area (Å²) in [7, 11) is 0. The molecule has 1 spiro atoms. The van der Waals surface area contributed by atoms with Crippen molar-refractivity contribution < 1.29 is 18.4 Å². The van der Waals surface area contributed by atoms with Gasteiger partial charge in [0.1, 0.15) is 11.6 Å². The van der Waals surface area contributed by atoms with Gasteiger partial charge in [0.15, 0.2) is 0 Å². The molecule has 5 rings (SSSR count). The van der Waals surface area contributed by atoms with E-state index in [2.05, 4.69) is 0 Å². The molecule has 2 amide bonds. The van der Waals surface area contributed by atoms with E-state index >= 15 is 0 Å². The van der Waals surface area contributed by atoms with Crippen molar-refractivity contribution in [2.24, 2.45) is 0 Å². The molecule has 1 unspecified atom stereocenters. The van der Waals surface area contributed by atoms with Gasteiger partial charge < -0.3 is 4.90 Å². The molecule has 156 valence electrons. The van der Waals surface area contributed by atoms with Crippen LogP contribution in [0.1, 0.15) is 11.1 Å². The van der Waals surface area contributed by atoms with E-state index < -0.39 is 22.4 Å². The van der Waals surface area contributed by atoms with E-state index in [0.717, 1.165) is 0 Å². The van der Waals surface area contributed by atoms with Crippen LogP contribution in [-0.2, 0) is 21.0 Å². The molecule has 3 aromatic carbocycles. The van der Waals surface area contributed by atoms with Crippen molar-refractivity contribution in [1.29, 1.82) is 0 Å². The number of nitrogens with zero attached hydrogens (tertiary/aromatic N) is 2. The Hall–Kier alpha value is -2.90. The first-order chi connectivity index (χ1) is 14.9. The van der Waals surface area contributed by atoms with Crippen molar-refractivity contribution in [2.45, 2.75) is 11.4 Å². The van der Waals surface area contributed by atoms with E-state index in [1.54, 1.807) is 36.4 Å². The fraction of sp³-hybridized carbons (Fsp3) is 0.130. The van der Waals surface area contributed by atoms with Gasteiger partial charge in [0.2, 0.25) is 10.8 Å². The zero-order valence-electron chi connectivity index (χ0n) is 16.0. The van der Waals surface area contributed by atoms with Crippen LogP contribution >= 0.6 is 23.4 Å². The zero-order valence-corrected chi connectivity index (χ0v) is 17.6. The number of amides is 2. The molecule has 1 atom stereocenters. The molecule has 8 heteroatoms. The zero-order chi connectivity index (χ0) is 21.8. The van der Waals surface area contributed by atoms with E-state index in [0.29, 0.717) is 16.9 Å². The second-order valence-electron chi connectivity index (χ2n) is 7.25. The predicted molar refractivity (Wildman–Crippen MR) is 117 cm³/mol. The molecule has 0 bridgehead atoms. The van der Waals surface area contributed by atoms with Crippen LogP contribution in [0, 0.1) is 11.6 Å². The first kappa shape index (κ1) is 20.0. The number of halogens is 3. The summed E-state index contributed by atoms with van der Waals surface area (Å²) in [4.78, 5) is 28.2. The summed E-state index contributed by atoms with van der Waals surface area (Å²) in [5, 5.41) is 0.211. The van der Waals surface area contributed by atoms with Crippen molar-refractivity contribution in [3.63, 3.8) is 0 Å². The van der Waals surface area contributed by atoms with Crippen LogP contribution in [0.5, 0.6) is 0 Å². The van der Waals surface area contributed by atoms with Crippen LogP contribution in [0.3, 0.4) is 0 Å². The van der Waals surface area contributed by atoms with Crippen molar-refractivity contribution in [2.75, 3.05) is 15.6 Å². The molecule has 2 heterocycles. The number of hydrogen-bond acceptors (Lipinski definition) is 3. The van der Waals surface area contributed by atoms with Crippen molar-refractivity contribution >= 4 is 46.6 Å². The summed E-state index contributed by atoms with van der Waals surface area (Å²) < 4.78 is 28.5. The average molecular weight is 457 g/mol.